The minimum absolute atomic E-state index is 0.516. The Balaban J connectivity index is 2.10. The summed E-state index contributed by atoms with van der Waals surface area (Å²) in [5.41, 5.74) is 6.16. The molecular formula is C9H14N4. The van der Waals surface area contributed by atoms with Crippen molar-refractivity contribution in [1.82, 2.24) is 15.3 Å². The van der Waals surface area contributed by atoms with Gasteiger partial charge in [0.2, 0.25) is 0 Å². The van der Waals surface area contributed by atoms with Crippen LogP contribution in [0.25, 0.3) is 0 Å². The van der Waals surface area contributed by atoms with E-state index >= 15 is 0 Å². The molecule has 0 saturated carbocycles. The van der Waals surface area contributed by atoms with Crippen LogP contribution in [0.2, 0.25) is 0 Å². The van der Waals surface area contributed by atoms with E-state index < -0.39 is 0 Å². The van der Waals surface area contributed by atoms with E-state index in [0.717, 1.165) is 31.8 Å². The van der Waals surface area contributed by atoms with E-state index in [4.69, 9.17) is 5.73 Å². The quantitative estimate of drug-likeness (QED) is 0.658. The number of nitrogens with zero attached hydrogens (tertiary/aromatic N) is 2. The minimum atomic E-state index is 0.516. The second-order valence-corrected chi connectivity index (χ2v) is 3.40. The molecular weight excluding hydrogens is 164 g/mol. The third-order valence-electron chi connectivity index (χ3n) is 2.40. The van der Waals surface area contributed by atoms with Gasteiger partial charge in [-0.25, -0.2) is 9.97 Å². The zero-order chi connectivity index (χ0) is 9.10. The smallest absolute Gasteiger partial charge is 0.131 e. The van der Waals surface area contributed by atoms with Crippen molar-refractivity contribution < 1.29 is 0 Å². The van der Waals surface area contributed by atoms with Crippen molar-refractivity contribution in [3.8, 4) is 0 Å². The SMILES string of the molecule is Nc1cnc(C2CCNCC2)nc1. The molecule has 0 radical (unpaired) electrons. The van der Waals surface area contributed by atoms with Crippen LogP contribution >= 0.6 is 0 Å². The normalized spacial score (nSPS) is 18.8. The molecule has 3 N–H and O–H groups in total. The lowest BCUT2D eigenvalue weighted by Gasteiger charge is -2.20. The molecule has 2 heterocycles. The van der Waals surface area contributed by atoms with Crippen LogP contribution in [-0.2, 0) is 0 Å². The standard InChI is InChI=1S/C9H14N4/c10-8-5-12-9(13-6-8)7-1-3-11-4-2-7/h5-7,11H,1-4,10H2. The summed E-state index contributed by atoms with van der Waals surface area (Å²) < 4.78 is 0. The topological polar surface area (TPSA) is 63.8 Å². The summed E-state index contributed by atoms with van der Waals surface area (Å²) in [5.74, 6) is 1.46. The van der Waals surface area contributed by atoms with Crippen LogP contribution in [0.3, 0.4) is 0 Å². The molecule has 1 aromatic rings. The van der Waals surface area contributed by atoms with Gasteiger partial charge in [-0.15, -0.1) is 0 Å². The first kappa shape index (κ1) is 8.44. The molecule has 13 heavy (non-hydrogen) atoms. The van der Waals surface area contributed by atoms with E-state index in [-0.39, 0.29) is 0 Å². The predicted molar refractivity (Wildman–Crippen MR) is 51.3 cm³/mol. The Morgan fingerprint density at radius 2 is 1.85 bits per heavy atom. The monoisotopic (exact) mass is 178 g/mol. The summed E-state index contributed by atoms with van der Waals surface area (Å²) in [6.45, 7) is 2.14. The molecule has 1 aliphatic heterocycles. The number of nitrogens with two attached hydrogens (primary N) is 1. The maximum atomic E-state index is 5.52. The van der Waals surface area contributed by atoms with E-state index in [1.807, 2.05) is 0 Å². The largest absolute Gasteiger partial charge is 0.396 e. The Morgan fingerprint density at radius 3 is 2.46 bits per heavy atom. The van der Waals surface area contributed by atoms with Gasteiger partial charge in [0.25, 0.3) is 0 Å². The molecule has 1 saturated heterocycles. The van der Waals surface area contributed by atoms with Gasteiger partial charge in [0.1, 0.15) is 5.82 Å². The second kappa shape index (κ2) is 3.70. The van der Waals surface area contributed by atoms with Crippen molar-refractivity contribution in [2.45, 2.75) is 18.8 Å². The van der Waals surface area contributed by atoms with Gasteiger partial charge >= 0.3 is 0 Å². The zero-order valence-electron chi connectivity index (χ0n) is 7.53. The maximum Gasteiger partial charge on any atom is 0.131 e. The number of anilines is 1. The van der Waals surface area contributed by atoms with Crippen LogP contribution in [0.1, 0.15) is 24.6 Å². The van der Waals surface area contributed by atoms with Crippen molar-refractivity contribution in [3.05, 3.63) is 18.2 Å². The first-order valence-corrected chi connectivity index (χ1v) is 4.64. The van der Waals surface area contributed by atoms with Gasteiger partial charge in [-0.1, -0.05) is 0 Å². The highest BCUT2D eigenvalue weighted by Crippen LogP contribution is 2.21. The number of aromatic nitrogens is 2. The number of nitrogen functional groups attached to an aromatic ring is 1. The molecule has 4 heteroatoms. The number of piperidine rings is 1. The summed E-state index contributed by atoms with van der Waals surface area (Å²) >= 11 is 0. The summed E-state index contributed by atoms with van der Waals surface area (Å²) in [6.07, 6.45) is 5.63. The lowest BCUT2D eigenvalue weighted by molar-refractivity contribution is 0.445. The molecule has 0 atom stereocenters. The first-order valence-electron chi connectivity index (χ1n) is 4.64. The van der Waals surface area contributed by atoms with E-state index in [9.17, 15) is 0 Å². The average molecular weight is 178 g/mol. The average Bonchev–Trinajstić information content (AvgIpc) is 2.20. The third-order valence-corrected chi connectivity index (χ3v) is 2.40. The van der Waals surface area contributed by atoms with Crippen LogP contribution in [-0.4, -0.2) is 23.1 Å². The number of nitrogens with one attached hydrogen (secondary N) is 1. The molecule has 1 aromatic heterocycles. The molecule has 0 bridgehead atoms. The Labute approximate surface area is 77.6 Å². The van der Waals surface area contributed by atoms with Crippen LogP contribution < -0.4 is 11.1 Å². The Kier molecular flexibility index (Phi) is 2.40. The zero-order valence-corrected chi connectivity index (χ0v) is 7.53. The van der Waals surface area contributed by atoms with E-state index in [1.165, 1.54) is 0 Å². The van der Waals surface area contributed by atoms with Crippen LogP contribution in [0.5, 0.6) is 0 Å². The fraction of sp³-hybridized carbons (Fsp3) is 0.556. The lowest BCUT2D eigenvalue weighted by Crippen LogP contribution is -2.27. The highest BCUT2D eigenvalue weighted by atomic mass is 14.9. The predicted octanol–water partition coefficient (Wildman–Crippen LogP) is 0.526. The Morgan fingerprint density at radius 1 is 1.23 bits per heavy atom. The number of rotatable bonds is 1. The molecule has 2 rings (SSSR count). The number of hydrogen-bond donors (Lipinski definition) is 2. The molecule has 1 fully saturated rings. The summed E-state index contributed by atoms with van der Waals surface area (Å²) in [7, 11) is 0. The van der Waals surface area contributed by atoms with E-state index in [2.05, 4.69) is 15.3 Å². The second-order valence-electron chi connectivity index (χ2n) is 3.40. The van der Waals surface area contributed by atoms with E-state index in [0.29, 0.717) is 11.6 Å². The molecule has 0 spiro atoms. The maximum absolute atomic E-state index is 5.52. The molecule has 0 amide bonds. The third kappa shape index (κ3) is 1.95. The highest BCUT2D eigenvalue weighted by Gasteiger charge is 2.16. The van der Waals surface area contributed by atoms with Crippen LogP contribution in [0.4, 0.5) is 5.69 Å². The van der Waals surface area contributed by atoms with Gasteiger partial charge in [-0.2, -0.15) is 0 Å². The van der Waals surface area contributed by atoms with Crippen molar-refractivity contribution >= 4 is 5.69 Å². The van der Waals surface area contributed by atoms with Gasteiger partial charge in [0.15, 0.2) is 0 Å². The minimum Gasteiger partial charge on any atom is -0.396 e. The van der Waals surface area contributed by atoms with Crippen molar-refractivity contribution in [2.75, 3.05) is 18.8 Å². The molecule has 70 valence electrons. The van der Waals surface area contributed by atoms with Crippen LogP contribution in [0.15, 0.2) is 12.4 Å². The van der Waals surface area contributed by atoms with Crippen molar-refractivity contribution in [3.63, 3.8) is 0 Å². The van der Waals surface area contributed by atoms with Gasteiger partial charge < -0.3 is 11.1 Å². The van der Waals surface area contributed by atoms with Gasteiger partial charge in [0.05, 0.1) is 18.1 Å². The summed E-state index contributed by atoms with van der Waals surface area (Å²) in [4.78, 5) is 8.48. The summed E-state index contributed by atoms with van der Waals surface area (Å²) in [6, 6.07) is 0. The highest BCUT2D eigenvalue weighted by molar-refractivity contribution is 5.30. The van der Waals surface area contributed by atoms with Gasteiger partial charge in [0, 0.05) is 5.92 Å². The van der Waals surface area contributed by atoms with Crippen molar-refractivity contribution in [1.29, 1.82) is 0 Å². The molecule has 0 aromatic carbocycles. The molecule has 1 aliphatic rings. The summed E-state index contributed by atoms with van der Waals surface area (Å²) in [5, 5.41) is 3.32. The lowest BCUT2D eigenvalue weighted by atomic mass is 9.97. The van der Waals surface area contributed by atoms with Gasteiger partial charge in [-0.3, -0.25) is 0 Å². The molecule has 0 aliphatic carbocycles. The Bertz CT molecular complexity index is 263. The Hall–Kier alpha value is -1.16. The molecule has 0 unspecified atom stereocenters. The molecule has 4 nitrogen and oxygen atoms in total. The van der Waals surface area contributed by atoms with Crippen molar-refractivity contribution in [2.24, 2.45) is 0 Å². The number of hydrogen-bond acceptors (Lipinski definition) is 4. The fourth-order valence-electron chi connectivity index (χ4n) is 1.64. The van der Waals surface area contributed by atoms with Gasteiger partial charge in [-0.05, 0) is 25.9 Å². The van der Waals surface area contributed by atoms with Crippen LogP contribution in [0, 0.1) is 0 Å². The fourth-order valence-corrected chi connectivity index (χ4v) is 1.64. The first-order chi connectivity index (χ1) is 6.36. The van der Waals surface area contributed by atoms with E-state index in [1.54, 1.807) is 12.4 Å².